The molecule has 156 valence electrons. The van der Waals surface area contributed by atoms with E-state index in [1.807, 2.05) is 40.9 Å². The number of ether oxygens (including phenoxy) is 1. The van der Waals surface area contributed by atoms with Crippen LogP contribution in [0, 0.1) is 17.2 Å². The lowest BCUT2D eigenvalue weighted by atomic mass is 9.82. The maximum Gasteiger partial charge on any atom is 0.323 e. The predicted molar refractivity (Wildman–Crippen MR) is 117 cm³/mol. The standard InChI is InChI=1S/C23H31N3O2S/c1-28-19-13-7-6-12-18(19)25-22(27)26-20(16-24)23(14-8-3-9-15-23)29-21(26)17-10-4-2-5-11-17/h6-7,12-13,17,20-21H,2-5,8-11,14-15H2,1H3,(H,25,27). The summed E-state index contributed by atoms with van der Waals surface area (Å²) in [5.41, 5.74) is 0.661. The molecule has 1 N–H and O–H groups in total. The second-order valence-corrected chi connectivity index (χ2v) is 10.1. The normalized spacial score (nSPS) is 26.8. The summed E-state index contributed by atoms with van der Waals surface area (Å²) in [5.74, 6) is 1.12. The minimum absolute atomic E-state index is 0.0905. The number of hydrogen-bond acceptors (Lipinski definition) is 4. The van der Waals surface area contributed by atoms with Crippen LogP contribution >= 0.6 is 11.8 Å². The molecule has 1 aliphatic heterocycles. The molecule has 0 bridgehead atoms. The van der Waals surface area contributed by atoms with Crippen molar-refractivity contribution in [2.75, 3.05) is 12.4 Å². The number of methoxy groups -OCH3 is 1. The van der Waals surface area contributed by atoms with Crippen LogP contribution in [-0.2, 0) is 0 Å². The fraction of sp³-hybridized carbons (Fsp3) is 0.652. The minimum Gasteiger partial charge on any atom is -0.495 e. The number of amides is 2. The summed E-state index contributed by atoms with van der Waals surface area (Å²) >= 11 is 1.94. The molecule has 2 aliphatic carbocycles. The van der Waals surface area contributed by atoms with Crippen LogP contribution in [0.2, 0.25) is 0 Å². The summed E-state index contributed by atoms with van der Waals surface area (Å²) in [6.07, 6.45) is 11.7. The molecule has 2 atom stereocenters. The molecule has 29 heavy (non-hydrogen) atoms. The first-order valence-corrected chi connectivity index (χ1v) is 11.9. The molecule has 0 radical (unpaired) electrons. The minimum atomic E-state index is -0.366. The summed E-state index contributed by atoms with van der Waals surface area (Å²) in [5, 5.41) is 13.3. The Kier molecular flexibility index (Phi) is 6.24. The SMILES string of the molecule is COc1ccccc1NC(=O)N1C(C2CCCCC2)SC2(CCCCC2)C1C#N. The second kappa shape index (κ2) is 8.87. The number of hydrogen-bond donors (Lipinski definition) is 1. The molecular formula is C23H31N3O2S. The monoisotopic (exact) mass is 413 g/mol. The van der Waals surface area contributed by atoms with Crippen LogP contribution in [0.5, 0.6) is 5.75 Å². The lowest BCUT2D eigenvalue weighted by Crippen LogP contribution is -2.50. The van der Waals surface area contributed by atoms with Crippen LogP contribution in [-0.4, -0.2) is 34.2 Å². The average Bonchev–Trinajstić information content (AvgIpc) is 3.08. The van der Waals surface area contributed by atoms with E-state index in [0.29, 0.717) is 17.4 Å². The van der Waals surface area contributed by atoms with E-state index in [-0.39, 0.29) is 22.2 Å². The first-order valence-electron chi connectivity index (χ1n) is 11.0. The average molecular weight is 414 g/mol. The first-order chi connectivity index (χ1) is 14.2. The third kappa shape index (κ3) is 3.94. The molecule has 2 amide bonds. The molecule has 0 aromatic heterocycles. The van der Waals surface area contributed by atoms with E-state index < -0.39 is 0 Å². The van der Waals surface area contributed by atoms with E-state index in [1.165, 1.54) is 25.7 Å². The van der Waals surface area contributed by atoms with Crippen LogP contribution in [0.3, 0.4) is 0 Å². The second-order valence-electron chi connectivity index (χ2n) is 8.60. The van der Waals surface area contributed by atoms with Gasteiger partial charge in [-0.15, -0.1) is 11.8 Å². The van der Waals surface area contributed by atoms with Gasteiger partial charge in [-0.2, -0.15) is 5.26 Å². The molecule has 1 spiro atoms. The highest BCUT2D eigenvalue weighted by Gasteiger charge is 2.56. The van der Waals surface area contributed by atoms with Gasteiger partial charge in [0.05, 0.1) is 29.0 Å². The lowest BCUT2D eigenvalue weighted by molar-refractivity contribution is 0.158. The third-order valence-corrected chi connectivity index (χ3v) is 8.82. The number of para-hydroxylation sites is 2. The number of rotatable bonds is 3. The maximum absolute atomic E-state index is 13.5. The highest BCUT2D eigenvalue weighted by Crippen LogP contribution is 2.55. The fourth-order valence-electron chi connectivity index (χ4n) is 5.39. The van der Waals surface area contributed by atoms with Gasteiger partial charge in [-0.25, -0.2) is 4.79 Å². The topological polar surface area (TPSA) is 65.4 Å². The first kappa shape index (κ1) is 20.4. The molecule has 1 aromatic carbocycles. The molecule has 3 fully saturated rings. The molecule has 2 saturated carbocycles. The van der Waals surface area contributed by atoms with Gasteiger partial charge in [-0.1, -0.05) is 50.7 Å². The van der Waals surface area contributed by atoms with Crippen LogP contribution in [0.1, 0.15) is 64.2 Å². The Morgan fingerprint density at radius 1 is 1.17 bits per heavy atom. The van der Waals surface area contributed by atoms with Gasteiger partial charge in [0.25, 0.3) is 0 Å². The van der Waals surface area contributed by atoms with Crippen molar-refractivity contribution in [1.29, 1.82) is 5.26 Å². The van der Waals surface area contributed by atoms with Gasteiger partial charge in [-0.3, -0.25) is 4.90 Å². The van der Waals surface area contributed by atoms with Gasteiger partial charge >= 0.3 is 6.03 Å². The molecule has 1 aromatic rings. The van der Waals surface area contributed by atoms with E-state index in [4.69, 9.17) is 4.74 Å². The predicted octanol–water partition coefficient (Wildman–Crippen LogP) is 5.78. The van der Waals surface area contributed by atoms with Crippen molar-refractivity contribution in [2.45, 2.75) is 80.4 Å². The summed E-state index contributed by atoms with van der Waals surface area (Å²) in [6.45, 7) is 0. The van der Waals surface area contributed by atoms with Crippen molar-refractivity contribution >= 4 is 23.5 Å². The van der Waals surface area contributed by atoms with Gasteiger partial charge in [0.1, 0.15) is 11.8 Å². The Balaban J connectivity index is 1.64. The number of carbonyl (C=O) groups is 1. The van der Waals surface area contributed by atoms with Crippen molar-refractivity contribution in [2.24, 2.45) is 5.92 Å². The van der Waals surface area contributed by atoms with Crippen molar-refractivity contribution < 1.29 is 9.53 Å². The summed E-state index contributed by atoms with van der Waals surface area (Å²) in [7, 11) is 1.61. The Hall–Kier alpha value is -1.87. The fourth-order valence-corrected chi connectivity index (χ4v) is 7.48. The van der Waals surface area contributed by atoms with E-state index >= 15 is 0 Å². The van der Waals surface area contributed by atoms with E-state index in [9.17, 15) is 10.1 Å². The van der Waals surface area contributed by atoms with Gasteiger partial charge in [0.15, 0.2) is 0 Å². The molecule has 1 heterocycles. The molecule has 3 aliphatic rings. The Morgan fingerprint density at radius 3 is 2.55 bits per heavy atom. The summed E-state index contributed by atoms with van der Waals surface area (Å²) in [6, 6.07) is 9.50. The Morgan fingerprint density at radius 2 is 1.86 bits per heavy atom. The van der Waals surface area contributed by atoms with Crippen LogP contribution in [0.15, 0.2) is 24.3 Å². The van der Waals surface area contributed by atoms with Gasteiger partial charge in [-0.05, 0) is 43.7 Å². The van der Waals surface area contributed by atoms with Crippen LogP contribution < -0.4 is 10.1 Å². The zero-order valence-corrected chi connectivity index (χ0v) is 18.0. The number of benzene rings is 1. The Labute approximate surface area is 178 Å². The number of nitrogens with zero attached hydrogens (tertiary/aromatic N) is 2. The van der Waals surface area contributed by atoms with Crippen LogP contribution in [0.25, 0.3) is 0 Å². The number of carbonyl (C=O) groups excluding carboxylic acids is 1. The van der Waals surface area contributed by atoms with Crippen LogP contribution in [0.4, 0.5) is 10.5 Å². The largest absolute Gasteiger partial charge is 0.495 e. The van der Waals surface area contributed by atoms with E-state index in [2.05, 4.69) is 11.4 Å². The molecule has 4 rings (SSSR count). The quantitative estimate of drug-likeness (QED) is 0.682. The number of nitrogens with one attached hydrogen (secondary N) is 1. The highest BCUT2D eigenvalue weighted by molar-refractivity contribution is 8.01. The van der Waals surface area contributed by atoms with Crippen molar-refractivity contribution in [3.8, 4) is 11.8 Å². The zero-order chi connectivity index (χ0) is 20.3. The van der Waals surface area contributed by atoms with Gasteiger partial charge in [0, 0.05) is 0 Å². The van der Waals surface area contributed by atoms with E-state index in [0.717, 1.165) is 38.5 Å². The molecular weight excluding hydrogens is 382 g/mol. The van der Waals surface area contributed by atoms with Crippen molar-refractivity contribution in [3.63, 3.8) is 0 Å². The number of nitriles is 1. The zero-order valence-electron chi connectivity index (χ0n) is 17.2. The molecule has 1 saturated heterocycles. The van der Waals surface area contributed by atoms with E-state index in [1.54, 1.807) is 7.11 Å². The maximum atomic E-state index is 13.5. The summed E-state index contributed by atoms with van der Waals surface area (Å²) in [4.78, 5) is 15.4. The highest BCUT2D eigenvalue weighted by atomic mass is 32.2. The number of anilines is 1. The smallest absolute Gasteiger partial charge is 0.323 e. The molecule has 2 unspecified atom stereocenters. The number of urea groups is 1. The summed E-state index contributed by atoms with van der Waals surface area (Å²) < 4.78 is 5.31. The number of thioether (sulfide) groups is 1. The van der Waals surface area contributed by atoms with Crippen molar-refractivity contribution in [3.05, 3.63) is 24.3 Å². The van der Waals surface area contributed by atoms with Gasteiger partial charge in [0.2, 0.25) is 0 Å². The van der Waals surface area contributed by atoms with Gasteiger partial charge < -0.3 is 10.1 Å². The third-order valence-electron chi connectivity index (χ3n) is 6.86. The Bertz CT molecular complexity index is 766. The van der Waals surface area contributed by atoms with Crippen molar-refractivity contribution in [1.82, 2.24) is 4.90 Å². The lowest BCUT2D eigenvalue weighted by Gasteiger charge is -2.36. The molecule has 6 heteroatoms. The molecule has 5 nitrogen and oxygen atoms in total.